The van der Waals surface area contributed by atoms with Crippen LogP contribution in [0.25, 0.3) is 0 Å². The number of nitrogens with one attached hydrogen (secondary N) is 1. The Morgan fingerprint density at radius 1 is 1.21 bits per heavy atom. The summed E-state index contributed by atoms with van der Waals surface area (Å²) in [7, 11) is 3.20. The Balaban J connectivity index is 2.27. The molecule has 2 amide bonds. The second kappa shape index (κ2) is 8.04. The average molecular weight is 334 g/mol. The van der Waals surface area contributed by atoms with Gasteiger partial charge in [0.1, 0.15) is 0 Å². The molecule has 2 rings (SSSR count). The van der Waals surface area contributed by atoms with E-state index < -0.39 is 0 Å². The molecule has 1 heterocycles. The molecule has 0 unspecified atom stereocenters. The summed E-state index contributed by atoms with van der Waals surface area (Å²) in [6, 6.07) is 5.77. The van der Waals surface area contributed by atoms with Gasteiger partial charge in [-0.05, 0) is 31.0 Å². The van der Waals surface area contributed by atoms with Crippen molar-refractivity contribution in [2.45, 2.75) is 26.2 Å². The Labute approximate surface area is 143 Å². The lowest BCUT2D eigenvalue weighted by Gasteiger charge is -2.37. The molecule has 0 aromatic heterocycles. The van der Waals surface area contributed by atoms with Crippen LogP contribution in [0.1, 0.15) is 31.7 Å². The third-order valence-corrected chi connectivity index (χ3v) is 4.50. The van der Waals surface area contributed by atoms with Crippen molar-refractivity contribution in [1.29, 1.82) is 0 Å². The molecule has 1 aliphatic rings. The van der Waals surface area contributed by atoms with Crippen LogP contribution in [-0.2, 0) is 9.59 Å². The highest BCUT2D eigenvalue weighted by Crippen LogP contribution is 2.35. The van der Waals surface area contributed by atoms with Crippen LogP contribution in [0.4, 0.5) is 0 Å². The lowest BCUT2D eigenvalue weighted by Crippen LogP contribution is -2.47. The van der Waals surface area contributed by atoms with Crippen LogP contribution in [0.3, 0.4) is 0 Å². The molecule has 1 saturated heterocycles. The van der Waals surface area contributed by atoms with E-state index in [1.807, 2.05) is 25.1 Å². The van der Waals surface area contributed by atoms with Gasteiger partial charge < -0.3 is 19.7 Å². The maximum atomic E-state index is 12.3. The van der Waals surface area contributed by atoms with Crippen molar-refractivity contribution < 1.29 is 19.1 Å². The zero-order valence-electron chi connectivity index (χ0n) is 14.8. The van der Waals surface area contributed by atoms with Gasteiger partial charge in [0, 0.05) is 32.5 Å². The molecule has 1 fully saturated rings. The number of amides is 2. The molecule has 0 aliphatic carbocycles. The molecule has 1 aromatic rings. The first-order valence-corrected chi connectivity index (χ1v) is 8.25. The molecule has 132 valence electrons. The Kier molecular flexibility index (Phi) is 6.06. The average Bonchev–Trinajstić information content (AvgIpc) is 2.60. The third-order valence-electron chi connectivity index (χ3n) is 4.50. The number of rotatable bonds is 5. The molecule has 6 heteroatoms. The fraction of sp³-hybridized carbons (Fsp3) is 0.556. The normalized spacial score (nSPS) is 20.4. The van der Waals surface area contributed by atoms with Gasteiger partial charge in [0.25, 0.3) is 0 Å². The molecule has 6 nitrogen and oxygen atoms in total. The maximum absolute atomic E-state index is 12.3. The van der Waals surface area contributed by atoms with E-state index >= 15 is 0 Å². The Morgan fingerprint density at radius 3 is 2.50 bits per heavy atom. The summed E-state index contributed by atoms with van der Waals surface area (Å²) in [5, 5.41) is 2.87. The first kappa shape index (κ1) is 18.1. The molecular weight excluding hydrogens is 308 g/mol. The number of benzene rings is 1. The predicted octanol–water partition coefficient (Wildman–Crippen LogP) is 1.79. The van der Waals surface area contributed by atoms with E-state index in [-0.39, 0.29) is 23.7 Å². The number of methoxy groups -OCH3 is 2. The van der Waals surface area contributed by atoms with Crippen molar-refractivity contribution in [3.63, 3.8) is 0 Å². The number of likely N-dealkylation sites (tertiary alicyclic amines) is 1. The number of carbonyl (C=O) groups excluding carboxylic acids is 2. The van der Waals surface area contributed by atoms with Gasteiger partial charge in [-0.15, -0.1) is 0 Å². The van der Waals surface area contributed by atoms with Crippen LogP contribution in [0.2, 0.25) is 0 Å². The van der Waals surface area contributed by atoms with Gasteiger partial charge in [-0.3, -0.25) is 9.59 Å². The molecule has 24 heavy (non-hydrogen) atoms. The van der Waals surface area contributed by atoms with E-state index in [1.54, 1.807) is 26.0 Å². The highest BCUT2D eigenvalue weighted by molar-refractivity contribution is 5.80. The SMILES string of the molecule is CCNC(=O)[C@@H]1C[C@H](c2ccc(OC)c(OC)c2)CN(C(C)=O)C1. The topological polar surface area (TPSA) is 67.9 Å². The molecule has 0 saturated carbocycles. The molecular formula is C18H26N2O4. The van der Waals surface area contributed by atoms with E-state index in [0.29, 0.717) is 37.6 Å². The fourth-order valence-electron chi connectivity index (χ4n) is 3.21. The van der Waals surface area contributed by atoms with Gasteiger partial charge in [0.2, 0.25) is 11.8 Å². The van der Waals surface area contributed by atoms with E-state index in [4.69, 9.17) is 9.47 Å². The minimum atomic E-state index is -0.194. The summed E-state index contributed by atoms with van der Waals surface area (Å²) in [6.07, 6.45) is 0.713. The standard InChI is InChI=1S/C18H26N2O4/c1-5-19-18(22)15-8-14(10-20(11-15)12(2)21)13-6-7-16(23-3)17(9-13)24-4/h6-7,9,14-15H,5,8,10-11H2,1-4H3,(H,19,22)/t14-,15+/m0/s1. The number of ether oxygens (including phenoxy) is 2. The van der Waals surface area contributed by atoms with Crippen LogP contribution in [0.15, 0.2) is 18.2 Å². The first-order valence-electron chi connectivity index (χ1n) is 8.25. The van der Waals surface area contributed by atoms with Crippen molar-refractivity contribution in [2.75, 3.05) is 33.9 Å². The molecule has 2 atom stereocenters. The summed E-state index contributed by atoms with van der Waals surface area (Å²) < 4.78 is 10.6. The number of hydrogen-bond acceptors (Lipinski definition) is 4. The summed E-state index contributed by atoms with van der Waals surface area (Å²) in [5.41, 5.74) is 1.05. The molecule has 1 aromatic carbocycles. The van der Waals surface area contributed by atoms with Crippen molar-refractivity contribution >= 4 is 11.8 Å². The van der Waals surface area contributed by atoms with Gasteiger partial charge in [0.15, 0.2) is 11.5 Å². The summed E-state index contributed by atoms with van der Waals surface area (Å²) >= 11 is 0. The lowest BCUT2D eigenvalue weighted by molar-refractivity contribution is -0.134. The van der Waals surface area contributed by atoms with Crippen LogP contribution in [0, 0.1) is 5.92 Å². The Hall–Kier alpha value is -2.24. The van der Waals surface area contributed by atoms with Crippen molar-refractivity contribution in [1.82, 2.24) is 10.2 Å². The zero-order valence-corrected chi connectivity index (χ0v) is 14.8. The fourth-order valence-corrected chi connectivity index (χ4v) is 3.21. The number of nitrogens with zero attached hydrogens (tertiary/aromatic N) is 1. The van der Waals surface area contributed by atoms with Gasteiger partial charge in [-0.1, -0.05) is 6.07 Å². The number of carbonyl (C=O) groups is 2. The summed E-state index contributed by atoms with van der Waals surface area (Å²) in [5.74, 6) is 1.23. The largest absolute Gasteiger partial charge is 0.493 e. The van der Waals surface area contributed by atoms with Crippen molar-refractivity contribution in [2.24, 2.45) is 5.92 Å². The smallest absolute Gasteiger partial charge is 0.224 e. The Bertz CT molecular complexity index is 603. The van der Waals surface area contributed by atoms with E-state index in [2.05, 4.69) is 5.32 Å². The van der Waals surface area contributed by atoms with E-state index in [9.17, 15) is 9.59 Å². The van der Waals surface area contributed by atoms with Crippen LogP contribution in [-0.4, -0.2) is 50.6 Å². The maximum Gasteiger partial charge on any atom is 0.224 e. The minimum absolute atomic E-state index is 0.00512. The van der Waals surface area contributed by atoms with Gasteiger partial charge in [-0.25, -0.2) is 0 Å². The minimum Gasteiger partial charge on any atom is -0.493 e. The van der Waals surface area contributed by atoms with Crippen molar-refractivity contribution in [3.8, 4) is 11.5 Å². The van der Waals surface area contributed by atoms with Crippen molar-refractivity contribution in [3.05, 3.63) is 23.8 Å². The van der Waals surface area contributed by atoms with Gasteiger partial charge >= 0.3 is 0 Å². The quantitative estimate of drug-likeness (QED) is 0.891. The van der Waals surface area contributed by atoms with Gasteiger partial charge in [-0.2, -0.15) is 0 Å². The predicted molar refractivity (Wildman–Crippen MR) is 91.3 cm³/mol. The molecule has 0 radical (unpaired) electrons. The number of hydrogen-bond donors (Lipinski definition) is 1. The first-order chi connectivity index (χ1) is 11.5. The highest BCUT2D eigenvalue weighted by Gasteiger charge is 2.33. The molecule has 1 N–H and O–H groups in total. The van der Waals surface area contributed by atoms with Crippen LogP contribution >= 0.6 is 0 Å². The summed E-state index contributed by atoms with van der Waals surface area (Å²) in [6.45, 7) is 5.13. The van der Waals surface area contributed by atoms with Gasteiger partial charge in [0.05, 0.1) is 20.1 Å². The zero-order chi connectivity index (χ0) is 17.7. The molecule has 0 spiro atoms. The molecule has 1 aliphatic heterocycles. The third kappa shape index (κ3) is 3.99. The Morgan fingerprint density at radius 2 is 1.92 bits per heavy atom. The number of piperidine rings is 1. The van der Waals surface area contributed by atoms with E-state index in [1.165, 1.54) is 0 Å². The second-order valence-electron chi connectivity index (χ2n) is 6.06. The van der Waals surface area contributed by atoms with E-state index in [0.717, 1.165) is 5.56 Å². The summed E-state index contributed by atoms with van der Waals surface area (Å²) in [4.78, 5) is 25.9. The molecule has 0 bridgehead atoms. The highest BCUT2D eigenvalue weighted by atomic mass is 16.5. The second-order valence-corrected chi connectivity index (χ2v) is 6.06. The van der Waals surface area contributed by atoms with Crippen LogP contribution < -0.4 is 14.8 Å². The van der Waals surface area contributed by atoms with Crippen LogP contribution in [0.5, 0.6) is 11.5 Å². The monoisotopic (exact) mass is 334 g/mol. The lowest BCUT2D eigenvalue weighted by atomic mass is 9.84.